The van der Waals surface area contributed by atoms with Gasteiger partial charge in [-0.15, -0.1) is 0 Å². The second-order valence-electron chi connectivity index (χ2n) is 4.14. The lowest BCUT2D eigenvalue weighted by atomic mass is 10.2. The predicted octanol–water partition coefficient (Wildman–Crippen LogP) is 2.33. The van der Waals surface area contributed by atoms with E-state index in [0.29, 0.717) is 11.2 Å². The van der Waals surface area contributed by atoms with Crippen molar-refractivity contribution in [2.75, 3.05) is 18.4 Å². The van der Waals surface area contributed by atoms with Crippen LogP contribution in [0.5, 0.6) is 0 Å². The highest BCUT2D eigenvalue weighted by Crippen LogP contribution is 2.21. The lowest BCUT2D eigenvalue weighted by Crippen LogP contribution is -2.35. The third-order valence-electron chi connectivity index (χ3n) is 2.53. The number of hydrogen-bond donors (Lipinski definition) is 2. The maximum atomic E-state index is 11.9. The normalized spacial score (nSPS) is 11.6. The fourth-order valence-electron chi connectivity index (χ4n) is 1.72. The zero-order valence-corrected chi connectivity index (χ0v) is 10.4. The first-order valence-electron chi connectivity index (χ1n) is 5.87. The van der Waals surface area contributed by atoms with E-state index >= 15 is 0 Å². The van der Waals surface area contributed by atoms with E-state index in [0.717, 1.165) is 5.39 Å². The Morgan fingerprint density at radius 3 is 2.75 bits per heavy atom. The molecule has 106 valence electrons. The lowest BCUT2D eigenvalue weighted by molar-refractivity contribution is -0.126. The molecule has 0 fully saturated rings. The van der Waals surface area contributed by atoms with Crippen molar-refractivity contribution < 1.29 is 18.0 Å². The van der Waals surface area contributed by atoms with Crippen LogP contribution < -0.4 is 10.6 Å². The van der Waals surface area contributed by atoms with Gasteiger partial charge in [-0.05, 0) is 24.3 Å². The topological polar surface area (TPSA) is 54.0 Å². The number of halogens is 3. The summed E-state index contributed by atoms with van der Waals surface area (Å²) >= 11 is 0. The van der Waals surface area contributed by atoms with Gasteiger partial charge in [-0.25, -0.2) is 0 Å². The van der Waals surface area contributed by atoms with E-state index in [-0.39, 0.29) is 0 Å². The first-order valence-corrected chi connectivity index (χ1v) is 5.87. The molecule has 1 amide bonds. The predicted molar refractivity (Wildman–Crippen MR) is 69.3 cm³/mol. The van der Waals surface area contributed by atoms with Gasteiger partial charge in [-0.1, -0.05) is 6.07 Å². The van der Waals surface area contributed by atoms with E-state index in [1.807, 2.05) is 5.32 Å². The summed E-state index contributed by atoms with van der Waals surface area (Å²) in [5, 5.41) is 5.34. The first kappa shape index (κ1) is 14.3. The minimum absolute atomic E-state index is 0.407. The number of fused-ring (bicyclic) bond motifs is 1. The Bertz CT molecular complexity index is 608. The molecule has 4 nitrogen and oxygen atoms in total. The number of alkyl halides is 3. The van der Waals surface area contributed by atoms with Gasteiger partial charge in [0.05, 0.1) is 24.3 Å². The Balaban J connectivity index is 2.00. The van der Waals surface area contributed by atoms with Crippen molar-refractivity contribution in [2.45, 2.75) is 6.18 Å². The lowest BCUT2D eigenvalue weighted by Gasteiger charge is -2.10. The number of benzene rings is 1. The number of amides is 1. The van der Waals surface area contributed by atoms with Crippen LogP contribution in [0.25, 0.3) is 10.9 Å². The molecule has 2 rings (SSSR count). The zero-order valence-electron chi connectivity index (χ0n) is 10.4. The standard InChI is InChI=1S/C13H12F3N3O/c14-13(15,16)8-17-7-12(20)19-11-5-1-4-10-9(11)3-2-6-18-10/h1-6,17H,7-8H2,(H,19,20). The van der Waals surface area contributed by atoms with Gasteiger partial charge in [0.2, 0.25) is 5.91 Å². The molecule has 20 heavy (non-hydrogen) atoms. The molecule has 0 unspecified atom stereocenters. The van der Waals surface area contributed by atoms with Gasteiger partial charge < -0.3 is 10.6 Å². The van der Waals surface area contributed by atoms with Crippen molar-refractivity contribution in [3.8, 4) is 0 Å². The summed E-state index contributed by atoms with van der Waals surface area (Å²) in [7, 11) is 0. The number of carbonyl (C=O) groups excluding carboxylic acids is 1. The highest BCUT2D eigenvalue weighted by atomic mass is 19.4. The van der Waals surface area contributed by atoms with Crippen molar-refractivity contribution >= 4 is 22.5 Å². The summed E-state index contributed by atoms with van der Waals surface area (Å²) in [6, 6.07) is 8.67. The van der Waals surface area contributed by atoms with Crippen LogP contribution in [0.2, 0.25) is 0 Å². The van der Waals surface area contributed by atoms with E-state index in [1.54, 1.807) is 36.5 Å². The van der Waals surface area contributed by atoms with Gasteiger partial charge in [0.15, 0.2) is 0 Å². The summed E-state index contributed by atoms with van der Waals surface area (Å²) in [4.78, 5) is 15.7. The molecule has 7 heteroatoms. The quantitative estimate of drug-likeness (QED) is 0.905. The molecule has 2 N–H and O–H groups in total. The summed E-state index contributed by atoms with van der Waals surface area (Å²) in [6.45, 7) is -1.60. The van der Waals surface area contributed by atoms with Crippen LogP contribution in [0, 0.1) is 0 Å². The second kappa shape index (κ2) is 5.87. The largest absolute Gasteiger partial charge is 0.401 e. The van der Waals surface area contributed by atoms with Crippen molar-refractivity contribution in [1.29, 1.82) is 0 Å². The molecule has 0 saturated heterocycles. The van der Waals surface area contributed by atoms with Crippen LogP contribution in [-0.2, 0) is 4.79 Å². The molecule has 0 aliphatic heterocycles. The third kappa shape index (κ3) is 3.92. The first-order chi connectivity index (χ1) is 9.46. The molecule has 1 aromatic carbocycles. The van der Waals surface area contributed by atoms with Gasteiger partial charge in [0.25, 0.3) is 0 Å². The number of pyridine rings is 1. The Hall–Kier alpha value is -2.15. The number of aromatic nitrogens is 1. The molecule has 0 saturated carbocycles. The molecule has 0 aliphatic rings. The molecular formula is C13H12F3N3O. The van der Waals surface area contributed by atoms with E-state index in [4.69, 9.17) is 0 Å². The van der Waals surface area contributed by atoms with Gasteiger partial charge in [0.1, 0.15) is 0 Å². The van der Waals surface area contributed by atoms with E-state index in [1.165, 1.54) is 0 Å². The average molecular weight is 283 g/mol. The molecule has 2 aromatic rings. The van der Waals surface area contributed by atoms with Gasteiger partial charge >= 0.3 is 6.18 Å². The van der Waals surface area contributed by atoms with Crippen molar-refractivity contribution in [3.05, 3.63) is 36.5 Å². The number of nitrogens with one attached hydrogen (secondary N) is 2. The number of anilines is 1. The Morgan fingerprint density at radius 2 is 2.00 bits per heavy atom. The van der Waals surface area contributed by atoms with Gasteiger partial charge in [-0.3, -0.25) is 9.78 Å². The molecule has 1 aromatic heterocycles. The Morgan fingerprint density at radius 1 is 1.20 bits per heavy atom. The smallest absolute Gasteiger partial charge is 0.324 e. The van der Waals surface area contributed by atoms with Crippen LogP contribution >= 0.6 is 0 Å². The minimum atomic E-state index is -4.33. The highest BCUT2D eigenvalue weighted by Gasteiger charge is 2.26. The van der Waals surface area contributed by atoms with E-state index in [9.17, 15) is 18.0 Å². The van der Waals surface area contributed by atoms with Crippen LogP contribution in [0.1, 0.15) is 0 Å². The molecule has 0 spiro atoms. The molecular weight excluding hydrogens is 271 g/mol. The number of nitrogens with zero attached hydrogens (tertiary/aromatic N) is 1. The van der Waals surface area contributed by atoms with Gasteiger partial charge in [-0.2, -0.15) is 13.2 Å². The maximum absolute atomic E-state index is 11.9. The zero-order chi connectivity index (χ0) is 14.6. The summed E-state index contributed by atoms with van der Waals surface area (Å²) in [5.74, 6) is -0.536. The number of hydrogen-bond acceptors (Lipinski definition) is 3. The second-order valence-corrected chi connectivity index (χ2v) is 4.14. The van der Waals surface area contributed by atoms with Crippen molar-refractivity contribution in [3.63, 3.8) is 0 Å². The van der Waals surface area contributed by atoms with Crippen LogP contribution in [-0.4, -0.2) is 30.2 Å². The molecule has 0 atom stereocenters. The molecule has 0 radical (unpaired) electrons. The SMILES string of the molecule is O=C(CNCC(F)(F)F)Nc1cccc2ncccc12. The monoisotopic (exact) mass is 283 g/mol. The number of carbonyl (C=O) groups is 1. The Labute approximate surface area is 113 Å². The van der Waals surface area contributed by atoms with E-state index in [2.05, 4.69) is 10.3 Å². The van der Waals surface area contributed by atoms with E-state index < -0.39 is 25.2 Å². The molecule has 0 bridgehead atoms. The van der Waals surface area contributed by atoms with Crippen molar-refractivity contribution in [2.24, 2.45) is 0 Å². The van der Waals surface area contributed by atoms with Crippen LogP contribution in [0.3, 0.4) is 0 Å². The summed E-state index contributed by atoms with van der Waals surface area (Å²) < 4.78 is 35.8. The Kier molecular flexibility index (Phi) is 4.19. The minimum Gasteiger partial charge on any atom is -0.324 e. The summed E-state index contributed by atoms with van der Waals surface area (Å²) in [5.41, 5.74) is 1.22. The number of rotatable bonds is 4. The highest BCUT2D eigenvalue weighted by molar-refractivity contribution is 6.01. The molecule has 0 aliphatic carbocycles. The maximum Gasteiger partial charge on any atom is 0.401 e. The summed E-state index contributed by atoms with van der Waals surface area (Å²) in [6.07, 6.45) is -2.71. The van der Waals surface area contributed by atoms with Crippen LogP contribution in [0.4, 0.5) is 18.9 Å². The molecule has 1 heterocycles. The third-order valence-corrected chi connectivity index (χ3v) is 2.53. The van der Waals surface area contributed by atoms with Crippen molar-refractivity contribution in [1.82, 2.24) is 10.3 Å². The average Bonchev–Trinajstić information content (AvgIpc) is 2.37. The fourth-order valence-corrected chi connectivity index (χ4v) is 1.72. The fraction of sp³-hybridized carbons (Fsp3) is 0.231. The van der Waals surface area contributed by atoms with Crippen LogP contribution in [0.15, 0.2) is 36.5 Å². The van der Waals surface area contributed by atoms with Gasteiger partial charge in [0, 0.05) is 11.6 Å².